The van der Waals surface area contributed by atoms with Gasteiger partial charge in [0.15, 0.2) is 18.9 Å². The highest BCUT2D eigenvalue weighted by molar-refractivity contribution is 5.76. The smallest absolute Gasteiger partial charge is 0.220 e. The summed E-state index contributed by atoms with van der Waals surface area (Å²) in [7, 11) is 0. The molecule has 0 aliphatic carbocycles. The van der Waals surface area contributed by atoms with Crippen molar-refractivity contribution in [3.05, 3.63) is 134 Å². The quantitative estimate of drug-likeness (QED) is 0.0199. The van der Waals surface area contributed by atoms with Gasteiger partial charge in [-0.3, -0.25) is 4.79 Å². The Balaban J connectivity index is 1.31. The van der Waals surface area contributed by atoms with Gasteiger partial charge >= 0.3 is 0 Å². The Morgan fingerprint density at radius 3 is 1.15 bits per heavy atom. The molecule has 0 aromatic heterocycles. The Hall–Kier alpha value is -4.07. The van der Waals surface area contributed by atoms with E-state index in [-0.39, 0.29) is 18.9 Å². The molecular weight excluding hydrogens is 1200 g/mol. The molecule has 3 aliphatic heterocycles. The average molecular weight is 1330 g/mol. The number of carbonyl (C=O) groups excluding carboxylic acids is 1. The molecule has 0 spiro atoms. The maximum absolute atomic E-state index is 13.4. The third kappa shape index (κ3) is 36.0. The van der Waals surface area contributed by atoms with Crippen molar-refractivity contribution in [2.45, 2.75) is 304 Å². The van der Waals surface area contributed by atoms with Crippen LogP contribution >= 0.6 is 0 Å². The number of hydrogen-bond donors (Lipinski definition) is 12. The Morgan fingerprint density at radius 1 is 0.383 bits per heavy atom. The van der Waals surface area contributed by atoms with Crippen molar-refractivity contribution in [1.29, 1.82) is 0 Å². The lowest BCUT2D eigenvalue weighted by atomic mass is 9.96. The van der Waals surface area contributed by atoms with Crippen LogP contribution in [0.5, 0.6) is 0 Å². The van der Waals surface area contributed by atoms with Crippen LogP contribution in [-0.2, 0) is 33.2 Å². The lowest BCUT2D eigenvalue weighted by molar-refractivity contribution is -0.379. The van der Waals surface area contributed by atoms with Gasteiger partial charge in [0.1, 0.15) is 73.2 Å². The predicted molar refractivity (Wildman–Crippen MR) is 369 cm³/mol. The second-order valence-corrected chi connectivity index (χ2v) is 24.6. The second kappa shape index (κ2) is 54.9. The Kier molecular flexibility index (Phi) is 49.1. The third-order valence-corrected chi connectivity index (χ3v) is 16.7. The summed E-state index contributed by atoms with van der Waals surface area (Å²) in [6.45, 7) is 1.43. The van der Waals surface area contributed by atoms with E-state index in [1.54, 1.807) is 6.08 Å². The summed E-state index contributed by atoms with van der Waals surface area (Å²) < 4.78 is 34.2. The molecule has 1 amide bonds. The fraction of sp³-hybridized carbons (Fsp3) is 0.693. The molecule has 94 heavy (non-hydrogen) atoms. The number of ether oxygens (including phenoxy) is 6. The number of carbonyl (C=O) groups is 1. The fourth-order valence-electron chi connectivity index (χ4n) is 11.0. The molecule has 19 nitrogen and oxygen atoms in total. The zero-order valence-electron chi connectivity index (χ0n) is 56.6. The summed E-state index contributed by atoms with van der Waals surface area (Å²) in [6.07, 6.45) is 50.5. The molecule has 17 unspecified atom stereocenters. The molecule has 3 fully saturated rings. The second-order valence-electron chi connectivity index (χ2n) is 24.6. The Morgan fingerprint density at radius 2 is 0.713 bits per heavy atom. The largest absolute Gasteiger partial charge is 0.394 e. The molecule has 0 aromatic rings. The van der Waals surface area contributed by atoms with Crippen LogP contribution < -0.4 is 5.32 Å². The van der Waals surface area contributed by atoms with Crippen molar-refractivity contribution < 1.29 is 89.4 Å². The highest BCUT2D eigenvalue weighted by atomic mass is 16.8. The molecule has 3 aliphatic rings. The minimum absolute atomic E-state index is 0.223. The van der Waals surface area contributed by atoms with Crippen LogP contribution in [0, 0.1) is 0 Å². The van der Waals surface area contributed by atoms with Crippen LogP contribution in [-0.4, -0.2) is 193 Å². The van der Waals surface area contributed by atoms with Gasteiger partial charge < -0.3 is 89.9 Å². The van der Waals surface area contributed by atoms with E-state index in [0.29, 0.717) is 12.8 Å². The van der Waals surface area contributed by atoms with Crippen molar-refractivity contribution >= 4 is 5.91 Å². The number of aliphatic hydroxyl groups is 11. The first-order chi connectivity index (χ1) is 45.8. The number of hydrogen-bond acceptors (Lipinski definition) is 18. The van der Waals surface area contributed by atoms with E-state index in [9.17, 15) is 61.0 Å². The zero-order chi connectivity index (χ0) is 68.2. The Labute approximate surface area is 562 Å². The number of allylic oxidation sites excluding steroid dienone is 21. The lowest BCUT2D eigenvalue weighted by Gasteiger charge is -2.48. The number of amides is 1. The van der Waals surface area contributed by atoms with Crippen molar-refractivity contribution in [1.82, 2.24) is 5.32 Å². The maximum atomic E-state index is 13.4. The summed E-state index contributed by atoms with van der Waals surface area (Å²) in [6, 6.07) is -1.00. The fourth-order valence-corrected chi connectivity index (χ4v) is 11.0. The zero-order valence-corrected chi connectivity index (χ0v) is 56.6. The van der Waals surface area contributed by atoms with E-state index in [1.165, 1.54) is 57.8 Å². The van der Waals surface area contributed by atoms with Crippen molar-refractivity contribution in [3.8, 4) is 0 Å². The molecule has 3 saturated heterocycles. The molecule has 0 saturated carbocycles. The number of rotatable bonds is 52. The summed E-state index contributed by atoms with van der Waals surface area (Å²) in [5, 5.41) is 120. The van der Waals surface area contributed by atoms with Gasteiger partial charge in [0.2, 0.25) is 5.91 Å². The van der Waals surface area contributed by atoms with Gasteiger partial charge in [-0.15, -0.1) is 0 Å². The predicted octanol–water partition coefficient (Wildman–Crippen LogP) is 9.77. The standard InChI is InChI=1S/C75H123NO18/c1-3-5-7-9-11-13-15-16-17-18-19-20-21-22-23-24-25-26-27-28-29-30-31-32-33-34-35-36-37-38-39-40-41-42-43-45-47-49-51-53-63(81)76-58(59(80)52-50-48-46-44-14-12-10-8-6-4-2)57-89-73-69(87)66(84)71(61(55-78)91-73)94-75-70(88)67(85)72(62(56-79)92-75)93-74-68(86)65(83)64(82)60(54-77)90-74/h5-8,11,13-14,16-17,19-20,22-23,25-26,28-29,31-32,44,50,52,58-62,64-75,77-80,82-88H,3-4,9-10,12,15,18,21,24,27,30,33-43,45-49,51,53-57H2,1-2H3,(H,76,81)/b7-5-,8-6+,13-11-,17-16-,20-19-,23-22-,26-25-,29-28-,32-31-,44-14+,52-50+. The van der Waals surface area contributed by atoms with E-state index in [0.717, 1.165) is 109 Å². The molecular formula is C75H123NO18. The normalized spacial score (nSPS) is 28.2. The van der Waals surface area contributed by atoms with E-state index in [4.69, 9.17) is 28.4 Å². The van der Waals surface area contributed by atoms with Crippen molar-refractivity contribution in [3.63, 3.8) is 0 Å². The van der Waals surface area contributed by atoms with Gasteiger partial charge in [-0.25, -0.2) is 0 Å². The summed E-state index contributed by atoms with van der Waals surface area (Å²) in [5.41, 5.74) is 0. The van der Waals surface area contributed by atoms with Gasteiger partial charge in [-0.05, 0) is 103 Å². The molecule has 3 rings (SSSR count). The molecule has 12 N–H and O–H groups in total. The first-order valence-electron chi connectivity index (χ1n) is 35.4. The topological polar surface area (TPSA) is 307 Å². The minimum Gasteiger partial charge on any atom is -0.394 e. The van der Waals surface area contributed by atoms with E-state index < -0.39 is 124 Å². The highest BCUT2D eigenvalue weighted by Gasteiger charge is 2.53. The van der Waals surface area contributed by atoms with Crippen LogP contribution in [0.25, 0.3) is 0 Å². The van der Waals surface area contributed by atoms with Crippen molar-refractivity contribution in [2.75, 3.05) is 26.4 Å². The first kappa shape index (κ1) is 84.2. The summed E-state index contributed by atoms with van der Waals surface area (Å²) in [4.78, 5) is 13.4. The van der Waals surface area contributed by atoms with Crippen molar-refractivity contribution in [2.24, 2.45) is 0 Å². The maximum Gasteiger partial charge on any atom is 0.220 e. The third-order valence-electron chi connectivity index (χ3n) is 16.7. The molecule has 0 aromatic carbocycles. The first-order valence-corrected chi connectivity index (χ1v) is 35.4. The number of unbranched alkanes of at least 4 members (excludes halogenated alkanes) is 16. The number of nitrogens with one attached hydrogen (secondary N) is 1. The van der Waals surface area contributed by atoms with Crippen LogP contribution in [0.3, 0.4) is 0 Å². The molecule has 0 radical (unpaired) electrons. The van der Waals surface area contributed by atoms with Gasteiger partial charge in [0.25, 0.3) is 0 Å². The van der Waals surface area contributed by atoms with E-state index in [2.05, 4.69) is 141 Å². The lowest BCUT2D eigenvalue weighted by Crippen LogP contribution is -2.66. The SMILES string of the molecule is CC/C=C\C/C=C\C/C=C\C/C=C\C/C=C\C/C=C\C/C=C\C/C=C\CCCCCCCCCCCCCCCCC(=O)NC(COC1OC(CO)C(OC2OC(CO)C(OC3OC(CO)C(O)C(O)C3O)C(O)C2O)C(O)C1O)C(O)/C=C/CC/C=C/CC/C=C/CC. The van der Waals surface area contributed by atoms with Crippen LogP contribution in [0.2, 0.25) is 0 Å². The van der Waals surface area contributed by atoms with Crippen LogP contribution in [0.1, 0.15) is 200 Å². The van der Waals surface area contributed by atoms with Crippen LogP contribution in [0.4, 0.5) is 0 Å². The molecule has 0 bridgehead atoms. The Bertz CT molecular complexity index is 2220. The summed E-state index contributed by atoms with van der Waals surface area (Å²) >= 11 is 0. The summed E-state index contributed by atoms with van der Waals surface area (Å²) in [5.74, 6) is -0.299. The van der Waals surface area contributed by atoms with E-state index >= 15 is 0 Å². The minimum atomic E-state index is -1.99. The molecule has 17 atom stereocenters. The molecule has 536 valence electrons. The van der Waals surface area contributed by atoms with Gasteiger partial charge in [0.05, 0.1) is 38.6 Å². The van der Waals surface area contributed by atoms with Crippen LogP contribution in [0.15, 0.2) is 134 Å². The van der Waals surface area contributed by atoms with E-state index in [1.807, 2.05) is 6.08 Å². The molecule has 19 heteroatoms. The van der Waals surface area contributed by atoms with Gasteiger partial charge in [0, 0.05) is 6.42 Å². The molecule has 3 heterocycles. The average Bonchev–Trinajstić information content (AvgIpc) is 0.788. The number of aliphatic hydroxyl groups excluding tert-OH is 11. The van der Waals surface area contributed by atoms with Gasteiger partial charge in [-0.1, -0.05) is 225 Å². The monoisotopic (exact) mass is 1330 g/mol. The highest BCUT2D eigenvalue weighted by Crippen LogP contribution is 2.33. The van der Waals surface area contributed by atoms with Gasteiger partial charge in [-0.2, -0.15) is 0 Å².